The second-order valence-corrected chi connectivity index (χ2v) is 7.75. The Kier molecular flexibility index (Phi) is 5.32. The van der Waals surface area contributed by atoms with E-state index in [9.17, 15) is 9.59 Å². The Morgan fingerprint density at radius 3 is 2.52 bits per heavy atom. The number of rotatable bonds is 4. The molecule has 2 fully saturated rings. The minimum atomic E-state index is -0.388. The fourth-order valence-electron chi connectivity index (χ4n) is 4.76. The first-order chi connectivity index (χ1) is 11.9. The van der Waals surface area contributed by atoms with Gasteiger partial charge in [0.2, 0.25) is 0 Å². The quantitative estimate of drug-likeness (QED) is 0.669. The number of ether oxygens (including phenoxy) is 1. The van der Waals surface area contributed by atoms with E-state index in [4.69, 9.17) is 4.74 Å². The van der Waals surface area contributed by atoms with Crippen LogP contribution in [0.15, 0.2) is 0 Å². The highest BCUT2D eigenvalue weighted by Gasteiger charge is 2.35. The van der Waals surface area contributed by atoms with Crippen molar-refractivity contribution in [2.24, 2.45) is 11.8 Å². The summed E-state index contributed by atoms with van der Waals surface area (Å²) in [6.07, 6.45) is 6.56. The third-order valence-electron chi connectivity index (χ3n) is 6.32. The number of Topliss-reactive ketones (excluding diaryl/α,β-unsaturated/α-hetero) is 1. The molecule has 1 aliphatic carbocycles. The van der Waals surface area contributed by atoms with Crippen LogP contribution in [0.3, 0.4) is 0 Å². The van der Waals surface area contributed by atoms with Gasteiger partial charge in [0, 0.05) is 12.2 Å². The van der Waals surface area contributed by atoms with E-state index >= 15 is 0 Å². The van der Waals surface area contributed by atoms with E-state index in [2.05, 4.69) is 9.88 Å². The maximum absolute atomic E-state index is 13.1. The second-order valence-electron chi connectivity index (χ2n) is 7.75. The van der Waals surface area contributed by atoms with E-state index in [1.54, 1.807) is 0 Å². The number of H-pyrrole nitrogens is 1. The minimum Gasteiger partial charge on any atom is -0.465 e. The summed E-state index contributed by atoms with van der Waals surface area (Å²) in [5, 5.41) is 0. The van der Waals surface area contributed by atoms with Crippen molar-refractivity contribution in [1.82, 2.24) is 9.88 Å². The van der Waals surface area contributed by atoms with Gasteiger partial charge in [-0.15, -0.1) is 0 Å². The lowest BCUT2D eigenvalue weighted by Crippen LogP contribution is -2.48. The average molecular weight is 346 g/mol. The molecule has 1 aliphatic heterocycles. The zero-order chi connectivity index (χ0) is 18.1. The number of likely N-dealkylation sites (tertiary alicyclic amines) is 1. The topological polar surface area (TPSA) is 62.4 Å². The molecule has 1 N–H and O–H groups in total. The van der Waals surface area contributed by atoms with Gasteiger partial charge in [-0.25, -0.2) is 4.79 Å². The summed E-state index contributed by atoms with van der Waals surface area (Å²) in [5.41, 5.74) is 2.44. The number of nitrogens with zero attached hydrogens (tertiary/aromatic N) is 1. The standard InChI is InChI=1S/C20H30N2O3/c1-12-17(20(24)25-4)13(2)21-18(12)19(23)14(3)22-10-9-15-7-5-6-8-16(15)11-22/h14-16,21H,5-11H2,1-4H3/t14-,15-,16-/m0/s1. The highest BCUT2D eigenvalue weighted by Crippen LogP contribution is 2.37. The maximum Gasteiger partial charge on any atom is 0.339 e. The van der Waals surface area contributed by atoms with Gasteiger partial charge in [-0.1, -0.05) is 19.3 Å². The smallest absolute Gasteiger partial charge is 0.339 e. The number of ketones is 1. The first-order valence-electron chi connectivity index (χ1n) is 9.49. The largest absolute Gasteiger partial charge is 0.465 e. The van der Waals surface area contributed by atoms with Crippen molar-refractivity contribution in [3.8, 4) is 0 Å². The summed E-state index contributed by atoms with van der Waals surface area (Å²) in [6, 6.07) is -0.162. The molecule has 25 heavy (non-hydrogen) atoms. The van der Waals surface area contributed by atoms with Crippen LogP contribution in [0.1, 0.15) is 71.1 Å². The number of aryl methyl sites for hydroxylation is 1. The van der Waals surface area contributed by atoms with Gasteiger partial charge in [-0.3, -0.25) is 9.69 Å². The minimum absolute atomic E-state index is 0.0741. The van der Waals surface area contributed by atoms with Crippen LogP contribution in [0.25, 0.3) is 0 Å². The lowest BCUT2D eigenvalue weighted by Gasteiger charge is -2.43. The molecule has 1 aromatic heterocycles. The van der Waals surface area contributed by atoms with E-state index in [0.29, 0.717) is 22.5 Å². The lowest BCUT2D eigenvalue weighted by atomic mass is 9.75. The van der Waals surface area contributed by atoms with Crippen LogP contribution in [0.2, 0.25) is 0 Å². The first kappa shape index (κ1) is 18.2. The molecule has 0 unspecified atom stereocenters. The molecule has 3 atom stereocenters. The van der Waals surface area contributed by atoms with Crippen molar-refractivity contribution >= 4 is 11.8 Å². The summed E-state index contributed by atoms with van der Waals surface area (Å²) in [4.78, 5) is 30.5. The molecule has 2 aliphatic rings. The summed E-state index contributed by atoms with van der Waals surface area (Å²) in [7, 11) is 1.37. The number of aromatic nitrogens is 1. The normalized spacial score (nSPS) is 25.3. The summed E-state index contributed by atoms with van der Waals surface area (Å²) in [6.45, 7) is 7.66. The third-order valence-corrected chi connectivity index (χ3v) is 6.32. The van der Waals surface area contributed by atoms with Crippen molar-refractivity contribution in [3.63, 3.8) is 0 Å². The first-order valence-corrected chi connectivity index (χ1v) is 9.49. The Morgan fingerprint density at radius 2 is 1.84 bits per heavy atom. The van der Waals surface area contributed by atoms with Gasteiger partial charge in [0.1, 0.15) is 0 Å². The summed E-state index contributed by atoms with van der Waals surface area (Å²) < 4.78 is 4.85. The zero-order valence-corrected chi connectivity index (χ0v) is 15.9. The Hall–Kier alpha value is -1.62. The fraction of sp³-hybridized carbons (Fsp3) is 0.700. The number of hydrogen-bond acceptors (Lipinski definition) is 4. The maximum atomic E-state index is 13.1. The second kappa shape index (κ2) is 7.32. The number of hydrogen-bond donors (Lipinski definition) is 1. The number of methoxy groups -OCH3 is 1. The summed E-state index contributed by atoms with van der Waals surface area (Å²) >= 11 is 0. The molecular weight excluding hydrogens is 316 g/mol. The van der Waals surface area contributed by atoms with Gasteiger partial charge < -0.3 is 9.72 Å². The van der Waals surface area contributed by atoms with E-state index in [1.165, 1.54) is 39.2 Å². The molecule has 1 aromatic rings. The van der Waals surface area contributed by atoms with Gasteiger partial charge >= 0.3 is 5.97 Å². The lowest BCUT2D eigenvalue weighted by molar-refractivity contribution is 0.0515. The zero-order valence-electron chi connectivity index (χ0n) is 15.9. The number of aromatic amines is 1. The van der Waals surface area contributed by atoms with E-state index < -0.39 is 0 Å². The molecule has 0 amide bonds. The Bertz CT molecular complexity index is 664. The monoisotopic (exact) mass is 346 g/mol. The molecule has 1 saturated heterocycles. The predicted molar refractivity (Wildman–Crippen MR) is 97.0 cm³/mol. The van der Waals surface area contributed by atoms with E-state index in [1.807, 2.05) is 20.8 Å². The number of nitrogens with one attached hydrogen (secondary N) is 1. The third kappa shape index (κ3) is 3.39. The van der Waals surface area contributed by atoms with Crippen molar-refractivity contribution in [2.45, 2.75) is 58.9 Å². The number of piperidine rings is 1. The van der Waals surface area contributed by atoms with Crippen molar-refractivity contribution < 1.29 is 14.3 Å². The van der Waals surface area contributed by atoms with Crippen molar-refractivity contribution in [1.29, 1.82) is 0 Å². The number of fused-ring (bicyclic) bond motifs is 1. The molecule has 5 nitrogen and oxygen atoms in total. The van der Waals surface area contributed by atoms with Crippen molar-refractivity contribution in [3.05, 3.63) is 22.5 Å². The molecule has 0 radical (unpaired) electrons. The van der Waals surface area contributed by atoms with Crippen LogP contribution in [0.4, 0.5) is 0 Å². The summed E-state index contributed by atoms with van der Waals surface area (Å²) in [5.74, 6) is 1.29. The Morgan fingerprint density at radius 1 is 1.16 bits per heavy atom. The van der Waals surface area contributed by atoms with Gasteiger partial charge in [0.25, 0.3) is 0 Å². The van der Waals surface area contributed by atoms with Gasteiger partial charge in [0.05, 0.1) is 24.4 Å². The van der Waals surface area contributed by atoms with Gasteiger partial charge in [-0.05, 0) is 57.6 Å². The SMILES string of the molecule is COC(=O)c1c(C)[nH]c(C(=O)[C@H](C)N2CC[C@@H]3CCCC[C@H]3C2)c1C. The van der Waals surface area contributed by atoms with Crippen LogP contribution in [-0.2, 0) is 4.74 Å². The molecule has 5 heteroatoms. The van der Waals surface area contributed by atoms with Crippen molar-refractivity contribution in [2.75, 3.05) is 20.2 Å². The number of esters is 1. The highest BCUT2D eigenvalue weighted by molar-refractivity contribution is 6.03. The molecule has 0 spiro atoms. The van der Waals surface area contributed by atoms with Crippen LogP contribution < -0.4 is 0 Å². The molecule has 138 valence electrons. The predicted octanol–water partition coefficient (Wildman–Crippen LogP) is 3.50. The fourth-order valence-corrected chi connectivity index (χ4v) is 4.76. The molecule has 0 aromatic carbocycles. The molecule has 3 rings (SSSR count). The number of carbonyl (C=O) groups is 2. The van der Waals surface area contributed by atoms with Crippen LogP contribution >= 0.6 is 0 Å². The van der Waals surface area contributed by atoms with Crippen LogP contribution in [-0.4, -0.2) is 47.9 Å². The average Bonchev–Trinajstić information content (AvgIpc) is 2.93. The Balaban J connectivity index is 1.76. The number of carbonyl (C=O) groups excluding carboxylic acids is 2. The highest BCUT2D eigenvalue weighted by atomic mass is 16.5. The molecule has 2 heterocycles. The van der Waals surface area contributed by atoms with Gasteiger partial charge in [-0.2, -0.15) is 0 Å². The van der Waals surface area contributed by atoms with E-state index in [0.717, 1.165) is 24.9 Å². The van der Waals surface area contributed by atoms with Crippen LogP contribution in [0.5, 0.6) is 0 Å². The van der Waals surface area contributed by atoms with Crippen LogP contribution in [0, 0.1) is 25.7 Å². The molecule has 0 bridgehead atoms. The molecule has 1 saturated carbocycles. The van der Waals surface area contributed by atoms with Gasteiger partial charge in [0.15, 0.2) is 5.78 Å². The Labute approximate surface area is 150 Å². The molecular formula is C20H30N2O3. The van der Waals surface area contributed by atoms with E-state index in [-0.39, 0.29) is 17.8 Å².